The van der Waals surface area contributed by atoms with Gasteiger partial charge in [-0.15, -0.1) is 0 Å². The third-order valence-corrected chi connectivity index (χ3v) is 2.17. The zero-order valence-corrected chi connectivity index (χ0v) is 12.0. The van der Waals surface area contributed by atoms with E-state index < -0.39 is 13.3 Å². The van der Waals surface area contributed by atoms with Crippen LogP contribution in [0.4, 0.5) is 12.9 Å². The molecular weight excluding hydrogens is 241 g/mol. The molecule has 0 unspecified atom stereocenters. The monoisotopic (exact) mass is 249 g/mol. The third kappa shape index (κ3) is 3.56. The molecule has 2 aromatic rings. The van der Waals surface area contributed by atoms with Crippen molar-refractivity contribution in [3.05, 3.63) is 42.1 Å². The Morgan fingerprint density at radius 3 is 2.44 bits per heavy atom. The molecule has 1 aromatic carbocycles. The number of aromatic nitrogens is 1. The molecule has 0 aliphatic carbocycles. The molecule has 0 aliphatic rings. The van der Waals surface area contributed by atoms with Gasteiger partial charge in [-0.3, -0.25) is 4.98 Å². The molecule has 0 aliphatic heterocycles. The van der Waals surface area contributed by atoms with Crippen LogP contribution in [-0.2, 0) is 6.32 Å². The number of rotatable bonds is 2. The number of benzene rings is 1. The number of hydrogen-bond acceptors (Lipinski definition) is 1. The van der Waals surface area contributed by atoms with E-state index in [1.165, 1.54) is 12.3 Å². The fourth-order valence-corrected chi connectivity index (χ4v) is 1.58. The maximum atomic E-state index is 12.3. The summed E-state index contributed by atoms with van der Waals surface area (Å²) in [6, 6.07) is 8.33. The molecule has 0 radical (unpaired) electrons. The van der Waals surface area contributed by atoms with Gasteiger partial charge in [0.1, 0.15) is 0 Å². The Morgan fingerprint density at radius 2 is 1.75 bits per heavy atom. The fourth-order valence-electron chi connectivity index (χ4n) is 1.58. The number of halogens is 3. The Morgan fingerprint density at radius 1 is 1.06 bits per heavy atom. The summed E-state index contributed by atoms with van der Waals surface area (Å²) in [6.07, 6.45) is 0.642. The maximum Gasteiger partial charge on any atom is 1.00 e. The molecule has 0 N–H and O–H groups in total. The summed E-state index contributed by atoms with van der Waals surface area (Å²) in [7, 11) is 0. The molecule has 0 spiro atoms. The van der Waals surface area contributed by atoms with Crippen LogP contribution in [0.2, 0.25) is 0 Å². The molecule has 78 valence electrons. The van der Waals surface area contributed by atoms with Gasteiger partial charge in [-0.1, -0.05) is 30.6 Å². The third-order valence-electron chi connectivity index (χ3n) is 2.17. The minimum Gasteiger partial charge on any atom is -0.449 e. The van der Waals surface area contributed by atoms with E-state index in [9.17, 15) is 12.9 Å². The van der Waals surface area contributed by atoms with Crippen molar-refractivity contribution < 1.29 is 64.3 Å². The van der Waals surface area contributed by atoms with Gasteiger partial charge in [-0.2, -0.15) is 0 Å². The summed E-state index contributed by atoms with van der Waals surface area (Å²) >= 11 is 0. The molecule has 0 atom stereocenters. The second-order valence-corrected chi connectivity index (χ2v) is 3.41. The topological polar surface area (TPSA) is 12.9 Å². The minimum atomic E-state index is -4.80. The molecule has 2 rings (SSSR count). The van der Waals surface area contributed by atoms with E-state index in [2.05, 4.69) is 4.98 Å². The van der Waals surface area contributed by atoms with Crippen LogP contribution in [0.1, 0.15) is 5.56 Å². The molecule has 16 heavy (non-hydrogen) atoms. The van der Waals surface area contributed by atoms with Crippen LogP contribution in [0.15, 0.2) is 36.5 Å². The van der Waals surface area contributed by atoms with Crippen LogP contribution in [0.3, 0.4) is 0 Å². The Hall–Kier alpha value is 0.121. The van der Waals surface area contributed by atoms with E-state index in [0.717, 1.165) is 5.39 Å². The zero-order chi connectivity index (χ0) is 10.9. The van der Waals surface area contributed by atoms with Crippen LogP contribution in [0, 0.1) is 0 Å². The Balaban J connectivity index is 0.00000128. The molecule has 1 nitrogen and oxygen atoms in total. The summed E-state index contributed by atoms with van der Waals surface area (Å²) in [5.74, 6) is 0. The number of hydrogen-bond donors (Lipinski definition) is 0. The maximum absolute atomic E-state index is 12.3. The van der Waals surface area contributed by atoms with Crippen molar-refractivity contribution in [1.29, 1.82) is 0 Å². The van der Waals surface area contributed by atoms with Crippen molar-refractivity contribution in [2.24, 2.45) is 0 Å². The van der Waals surface area contributed by atoms with E-state index in [-0.39, 0.29) is 56.9 Å². The second-order valence-electron chi connectivity index (χ2n) is 3.41. The van der Waals surface area contributed by atoms with Crippen molar-refractivity contribution >= 4 is 17.9 Å². The molecule has 0 saturated heterocycles. The van der Waals surface area contributed by atoms with E-state index >= 15 is 0 Å². The van der Waals surface area contributed by atoms with Gasteiger partial charge in [0.25, 0.3) is 0 Å². The molecule has 0 bridgehead atoms. The van der Waals surface area contributed by atoms with Crippen LogP contribution in [0.5, 0.6) is 0 Å². The number of pyridine rings is 1. The predicted molar refractivity (Wildman–Crippen MR) is 54.5 cm³/mol. The Labute approximate surface area is 134 Å². The quantitative estimate of drug-likeness (QED) is 0.691. The molecule has 0 fully saturated rings. The van der Waals surface area contributed by atoms with Crippen LogP contribution >= 0.6 is 0 Å². The summed E-state index contributed by atoms with van der Waals surface area (Å²) in [5.41, 5.74) is 0.694. The Kier molecular flexibility index (Phi) is 5.00. The second kappa shape index (κ2) is 5.64. The van der Waals surface area contributed by atoms with Gasteiger partial charge >= 0.3 is 58.4 Å². The first-order chi connectivity index (χ1) is 7.06. The fraction of sp³-hybridized carbons (Fsp3) is 0.100. The summed E-state index contributed by atoms with van der Waals surface area (Å²) in [6.45, 7) is -4.80. The largest absolute Gasteiger partial charge is 1.00 e. The molecule has 1 heterocycles. The van der Waals surface area contributed by atoms with E-state index in [4.69, 9.17) is 0 Å². The van der Waals surface area contributed by atoms with Gasteiger partial charge in [0.15, 0.2) is 0 Å². The van der Waals surface area contributed by atoms with Gasteiger partial charge in [0.2, 0.25) is 0 Å². The van der Waals surface area contributed by atoms with Crippen LogP contribution < -0.4 is 51.4 Å². The van der Waals surface area contributed by atoms with Crippen molar-refractivity contribution in [3.63, 3.8) is 0 Å². The molecular formula is C10H8BF3KN. The Bertz CT molecular complexity index is 481. The average Bonchev–Trinajstić information content (AvgIpc) is 2.16. The van der Waals surface area contributed by atoms with Crippen LogP contribution in [0.25, 0.3) is 10.9 Å². The number of para-hydroxylation sites is 1. The molecule has 1 aromatic heterocycles. The van der Waals surface area contributed by atoms with Crippen molar-refractivity contribution in [2.75, 3.05) is 0 Å². The minimum absolute atomic E-state index is 0. The van der Waals surface area contributed by atoms with Gasteiger partial charge in [0, 0.05) is 11.6 Å². The zero-order valence-electron chi connectivity index (χ0n) is 8.83. The molecule has 6 heteroatoms. The molecule has 0 amide bonds. The average molecular weight is 249 g/mol. The first-order valence-electron chi connectivity index (χ1n) is 4.60. The normalized spacial score (nSPS) is 11.2. The van der Waals surface area contributed by atoms with Crippen molar-refractivity contribution in [3.8, 4) is 0 Å². The number of fused-ring (bicyclic) bond motifs is 1. The van der Waals surface area contributed by atoms with Crippen LogP contribution in [-0.4, -0.2) is 12.0 Å². The van der Waals surface area contributed by atoms with E-state index in [1.54, 1.807) is 24.3 Å². The smallest absolute Gasteiger partial charge is 0.449 e. The standard InChI is InChI=1S/C10H8BF3N.K/c12-11(13,14)7-9-4-1-3-8-5-2-6-15-10(8)9;/h1-6H,7H2;/q-1;+1. The first kappa shape index (κ1) is 14.2. The predicted octanol–water partition coefficient (Wildman–Crippen LogP) is 0.168. The van der Waals surface area contributed by atoms with Gasteiger partial charge in [-0.25, -0.2) is 0 Å². The summed E-state index contributed by atoms with van der Waals surface area (Å²) < 4.78 is 36.9. The molecule has 0 saturated carbocycles. The summed E-state index contributed by atoms with van der Waals surface area (Å²) in [5, 5.41) is 0.745. The van der Waals surface area contributed by atoms with Gasteiger partial charge in [0.05, 0.1) is 5.52 Å². The van der Waals surface area contributed by atoms with Gasteiger partial charge in [-0.05, 0) is 11.6 Å². The summed E-state index contributed by atoms with van der Waals surface area (Å²) in [4.78, 5) is 3.98. The SMILES string of the molecule is F[B-](F)(F)Cc1cccc2cccnc12.[K+]. The van der Waals surface area contributed by atoms with Crippen molar-refractivity contribution in [1.82, 2.24) is 4.98 Å². The van der Waals surface area contributed by atoms with E-state index in [0.29, 0.717) is 5.52 Å². The van der Waals surface area contributed by atoms with Gasteiger partial charge < -0.3 is 12.9 Å². The number of nitrogens with zero attached hydrogens (tertiary/aromatic N) is 1. The van der Waals surface area contributed by atoms with Crippen molar-refractivity contribution in [2.45, 2.75) is 6.32 Å². The van der Waals surface area contributed by atoms with E-state index in [1.807, 2.05) is 0 Å². The first-order valence-corrected chi connectivity index (χ1v) is 4.60.